The standard InChI is InChI=1S/C20H26ClFN4O3S/c1-26(8-9-27)19-5-3-2-4-17(19)25-18-11-16(22)20(10-15(18)21)30(28,29)12-14-6-7-23-13-24-14/h6-7,10-11,13,17,19,25,27H,2-5,8-9,12H2,1H3/t17-,19-/m0/s1. The maximum atomic E-state index is 14.8. The molecule has 1 aromatic carbocycles. The van der Waals surface area contributed by atoms with Crippen LogP contribution < -0.4 is 5.32 Å². The molecule has 1 aliphatic carbocycles. The number of benzene rings is 1. The van der Waals surface area contributed by atoms with Crippen LogP contribution in [0.5, 0.6) is 0 Å². The van der Waals surface area contributed by atoms with Crippen LogP contribution in [0.2, 0.25) is 5.02 Å². The van der Waals surface area contributed by atoms with E-state index in [4.69, 9.17) is 11.6 Å². The maximum Gasteiger partial charge on any atom is 0.187 e. The average molecular weight is 457 g/mol. The van der Waals surface area contributed by atoms with Gasteiger partial charge in [-0.25, -0.2) is 22.8 Å². The zero-order valence-electron chi connectivity index (χ0n) is 16.8. The average Bonchev–Trinajstić information content (AvgIpc) is 2.71. The molecule has 3 rings (SSSR count). The number of aliphatic hydroxyl groups excluding tert-OH is 1. The second-order valence-electron chi connectivity index (χ2n) is 7.53. The second-order valence-corrected chi connectivity index (χ2v) is 9.89. The molecule has 1 fully saturated rings. The molecular formula is C20H26ClFN4O3S. The largest absolute Gasteiger partial charge is 0.395 e. The Labute approximate surface area is 181 Å². The summed E-state index contributed by atoms with van der Waals surface area (Å²) in [5.74, 6) is -1.29. The van der Waals surface area contributed by atoms with Crippen molar-refractivity contribution in [3.63, 3.8) is 0 Å². The summed E-state index contributed by atoms with van der Waals surface area (Å²) in [7, 11) is -2.01. The Morgan fingerprint density at radius 3 is 2.80 bits per heavy atom. The number of aliphatic hydroxyl groups is 1. The molecule has 0 unspecified atom stereocenters. The van der Waals surface area contributed by atoms with Gasteiger partial charge in [0.2, 0.25) is 0 Å². The highest BCUT2D eigenvalue weighted by molar-refractivity contribution is 7.90. The smallest absolute Gasteiger partial charge is 0.187 e. The van der Waals surface area contributed by atoms with Crippen LogP contribution in [0.4, 0.5) is 10.1 Å². The van der Waals surface area contributed by atoms with Crippen molar-refractivity contribution in [2.24, 2.45) is 0 Å². The first kappa shape index (κ1) is 22.9. The number of anilines is 1. The molecule has 1 saturated carbocycles. The molecule has 0 saturated heterocycles. The van der Waals surface area contributed by atoms with Crippen molar-refractivity contribution in [2.45, 2.75) is 48.4 Å². The summed E-state index contributed by atoms with van der Waals surface area (Å²) in [5, 5.41) is 12.7. The van der Waals surface area contributed by atoms with Crippen LogP contribution >= 0.6 is 11.6 Å². The number of hydrogen-bond donors (Lipinski definition) is 2. The molecule has 1 aromatic heterocycles. The Bertz CT molecular complexity index is 962. The van der Waals surface area contributed by atoms with Gasteiger partial charge in [-0.3, -0.25) is 4.90 Å². The van der Waals surface area contributed by atoms with Gasteiger partial charge in [0.1, 0.15) is 17.0 Å². The Balaban J connectivity index is 1.82. The predicted octanol–water partition coefficient (Wildman–Crippen LogP) is 2.89. The van der Waals surface area contributed by atoms with E-state index in [1.54, 1.807) is 0 Å². The summed E-state index contributed by atoms with van der Waals surface area (Å²) >= 11 is 6.35. The van der Waals surface area contributed by atoms with Crippen molar-refractivity contribution in [2.75, 3.05) is 25.5 Å². The van der Waals surface area contributed by atoms with Crippen LogP contribution in [0.3, 0.4) is 0 Å². The fraction of sp³-hybridized carbons (Fsp3) is 0.500. The van der Waals surface area contributed by atoms with E-state index in [0.717, 1.165) is 37.8 Å². The third kappa shape index (κ3) is 5.46. The first-order valence-corrected chi connectivity index (χ1v) is 11.9. The number of nitrogens with one attached hydrogen (secondary N) is 1. The number of hydrogen-bond acceptors (Lipinski definition) is 7. The minimum absolute atomic E-state index is 0.0238. The highest BCUT2D eigenvalue weighted by Crippen LogP contribution is 2.32. The van der Waals surface area contributed by atoms with E-state index in [0.29, 0.717) is 12.2 Å². The summed E-state index contributed by atoms with van der Waals surface area (Å²) in [6.07, 6.45) is 6.64. The van der Waals surface area contributed by atoms with Gasteiger partial charge >= 0.3 is 0 Å². The molecule has 30 heavy (non-hydrogen) atoms. The maximum absolute atomic E-state index is 14.8. The van der Waals surface area contributed by atoms with Crippen LogP contribution in [-0.4, -0.2) is 60.7 Å². The molecule has 0 amide bonds. The first-order chi connectivity index (χ1) is 14.3. The second kappa shape index (κ2) is 10.00. The van der Waals surface area contributed by atoms with Crippen molar-refractivity contribution in [1.29, 1.82) is 0 Å². The molecule has 7 nitrogen and oxygen atoms in total. The monoisotopic (exact) mass is 456 g/mol. The summed E-state index contributed by atoms with van der Waals surface area (Å²) in [6, 6.07) is 3.97. The number of halogens is 2. The fourth-order valence-corrected chi connectivity index (χ4v) is 5.54. The lowest BCUT2D eigenvalue weighted by Crippen LogP contribution is -2.48. The Kier molecular flexibility index (Phi) is 7.62. The van der Waals surface area contributed by atoms with E-state index in [1.165, 1.54) is 18.6 Å². The van der Waals surface area contributed by atoms with Crippen molar-refractivity contribution >= 4 is 27.1 Å². The van der Waals surface area contributed by atoms with E-state index in [9.17, 15) is 17.9 Å². The van der Waals surface area contributed by atoms with Gasteiger partial charge in [-0.05, 0) is 38.1 Å². The number of sulfone groups is 1. The normalized spacial score (nSPS) is 19.8. The molecule has 0 spiro atoms. The molecule has 164 valence electrons. The van der Waals surface area contributed by atoms with Gasteiger partial charge in [-0.2, -0.15) is 0 Å². The zero-order chi connectivity index (χ0) is 21.7. The van der Waals surface area contributed by atoms with Crippen LogP contribution in [0.15, 0.2) is 35.6 Å². The fourth-order valence-electron chi connectivity index (χ4n) is 3.88. The zero-order valence-corrected chi connectivity index (χ0v) is 18.3. The lowest BCUT2D eigenvalue weighted by molar-refractivity contribution is 0.143. The topological polar surface area (TPSA) is 95.4 Å². The lowest BCUT2D eigenvalue weighted by Gasteiger charge is -2.38. The van der Waals surface area contributed by atoms with Gasteiger partial charge in [0, 0.05) is 24.8 Å². The highest BCUT2D eigenvalue weighted by atomic mass is 35.5. The Morgan fingerprint density at radius 2 is 2.10 bits per heavy atom. The highest BCUT2D eigenvalue weighted by Gasteiger charge is 2.29. The molecule has 2 atom stereocenters. The Morgan fingerprint density at radius 1 is 1.33 bits per heavy atom. The molecule has 0 aliphatic heterocycles. The summed E-state index contributed by atoms with van der Waals surface area (Å²) in [5.41, 5.74) is 0.643. The molecule has 2 aromatic rings. The molecule has 1 heterocycles. The van der Waals surface area contributed by atoms with Crippen LogP contribution in [0.1, 0.15) is 31.4 Å². The van der Waals surface area contributed by atoms with E-state index >= 15 is 0 Å². The molecule has 1 aliphatic rings. The van der Waals surface area contributed by atoms with Gasteiger partial charge in [0.25, 0.3) is 0 Å². The van der Waals surface area contributed by atoms with Gasteiger partial charge in [-0.15, -0.1) is 0 Å². The lowest BCUT2D eigenvalue weighted by atomic mass is 9.89. The minimum atomic E-state index is -3.96. The summed E-state index contributed by atoms with van der Waals surface area (Å²) in [4.78, 5) is 9.28. The number of rotatable bonds is 8. The quantitative estimate of drug-likeness (QED) is 0.630. The molecule has 0 bridgehead atoms. The number of likely N-dealkylation sites (N-methyl/N-ethyl adjacent to an activating group) is 1. The molecular weight excluding hydrogens is 431 g/mol. The number of aromatic nitrogens is 2. The van der Waals surface area contributed by atoms with Crippen molar-refractivity contribution in [1.82, 2.24) is 14.9 Å². The van der Waals surface area contributed by atoms with Gasteiger partial charge < -0.3 is 10.4 Å². The first-order valence-electron chi connectivity index (χ1n) is 9.86. The van der Waals surface area contributed by atoms with Crippen molar-refractivity contribution < 1.29 is 17.9 Å². The SMILES string of the molecule is CN(CCO)[C@H]1CCCC[C@@H]1Nc1cc(F)c(S(=O)(=O)Cc2ccncn2)cc1Cl. The van der Waals surface area contributed by atoms with E-state index in [2.05, 4.69) is 20.2 Å². The van der Waals surface area contributed by atoms with E-state index < -0.39 is 26.3 Å². The molecule has 2 N–H and O–H groups in total. The van der Waals surface area contributed by atoms with Crippen molar-refractivity contribution in [3.8, 4) is 0 Å². The minimum Gasteiger partial charge on any atom is -0.395 e. The molecule has 0 radical (unpaired) electrons. The van der Waals surface area contributed by atoms with Crippen LogP contribution in [0, 0.1) is 5.82 Å². The van der Waals surface area contributed by atoms with Crippen molar-refractivity contribution in [3.05, 3.63) is 47.3 Å². The summed E-state index contributed by atoms with van der Waals surface area (Å²) in [6.45, 7) is 0.610. The van der Waals surface area contributed by atoms with E-state index in [-0.39, 0.29) is 29.4 Å². The summed E-state index contributed by atoms with van der Waals surface area (Å²) < 4.78 is 40.2. The number of nitrogens with zero attached hydrogens (tertiary/aromatic N) is 3. The van der Waals surface area contributed by atoms with Crippen LogP contribution in [-0.2, 0) is 15.6 Å². The Hall–Kier alpha value is -1.81. The van der Waals surface area contributed by atoms with Gasteiger partial charge in [0.05, 0.1) is 28.8 Å². The third-order valence-corrected chi connectivity index (χ3v) is 7.40. The van der Waals surface area contributed by atoms with Crippen LogP contribution in [0.25, 0.3) is 0 Å². The van der Waals surface area contributed by atoms with Gasteiger partial charge in [-0.1, -0.05) is 24.4 Å². The third-order valence-electron chi connectivity index (χ3n) is 5.43. The van der Waals surface area contributed by atoms with Gasteiger partial charge in [0.15, 0.2) is 9.84 Å². The van der Waals surface area contributed by atoms with E-state index in [1.807, 2.05) is 7.05 Å². The predicted molar refractivity (Wildman–Crippen MR) is 114 cm³/mol. The molecule has 10 heteroatoms.